The van der Waals surface area contributed by atoms with Gasteiger partial charge in [-0.15, -0.1) is 0 Å². The molecule has 0 atom stereocenters. The Labute approximate surface area is 170 Å². The van der Waals surface area contributed by atoms with Gasteiger partial charge in [0.15, 0.2) is 0 Å². The highest BCUT2D eigenvalue weighted by molar-refractivity contribution is 9.10. The summed E-state index contributed by atoms with van der Waals surface area (Å²) >= 11 is 4.72. The van der Waals surface area contributed by atoms with Gasteiger partial charge in [-0.3, -0.25) is 9.59 Å². The number of halogens is 1. The van der Waals surface area contributed by atoms with E-state index >= 15 is 0 Å². The van der Waals surface area contributed by atoms with Crippen molar-refractivity contribution >= 4 is 56.1 Å². The summed E-state index contributed by atoms with van der Waals surface area (Å²) in [6.45, 7) is 1.95. The largest absolute Gasteiger partial charge is 0.346 e. The molecule has 0 saturated heterocycles. The summed E-state index contributed by atoms with van der Waals surface area (Å²) in [6, 6.07) is 17.2. The summed E-state index contributed by atoms with van der Waals surface area (Å²) in [5.74, 6) is -0.289. The molecule has 138 valence electrons. The predicted molar refractivity (Wildman–Crippen MR) is 113 cm³/mol. The van der Waals surface area contributed by atoms with E-state index in [1.807, 2.05) is 55.5 Å². The third kappa shape index (κ3) is 5.30. The van der Waals surface area contributed by atoms with Crippen molar-refractivity contribution in [2.24, 2.45) is 0 Å². The van der Waals surface area contributed by atoms with Crippen molar-refractivity contribution in [2.75, 3.05) is 17.6 Å². The molecular formula is C20H18BrN3O2S. The standard InChI is InChI=1S/C20H18BrN3O2S/c1-13-10-20(24-16-8-4-2-6-14(13)16)27-12-19(26)22-11-18(25)23-17-9-5-3-7-15(17)21/h2-10H,11-12H2,1H3,(H,22,26)(H,23,25). The minimum Gasteiger partial charge on any atom is -0.346 e. The Morgan fingerprint density at radius 1 is 1.07 bits per heavy atom. The molecule has 2 amide bonds. The number of nitrogens with one attached hydrogen (secondary N) is 2. The van der Waals surface area contributed by atoms with Crippen molar-refractivity contribution < 1.29 is 9.59 Å². The summed E-state index contributed by atoms with van der Waals surface area (Å²) in [4.78, 5) is 28.6. The van der Waals surface area contributed by atoms with E-state index in [0.29, 0.717) is 5.69 Å². The van der Waals surface area contributed by atoms with Crippen LogP contribution in [0.2, 0.25) is 0 Å². The van der Waals surface area contributed by atoms with Gasteiger partial charge >= 0.3 is 0 Å². The van der Waals surface area contributed by atoms with Crippen LogP contribution in [0.4, 0.5) is 5.69 Å². The minimum atomic E-state index is -0.278. The first-order valence-corrected chi connectivity index (χ1v) is 10.1. The Kier molecular flexibility index (Phi) is 6.47. The Balaban J connectivity index is 1.50. The van der Waals surface area contributed by atoms with E-state index in [2.05, 4.69) is 31.5 Å². The van der Waals surface area contributed by atoms with E-state index in [-0.39, 0.29) is 24.1 Å². The SMILES string of the molecule is Cc1cc(SCC(=O)NCC(=O)Nc2ccccc2Br)nc2ccccc12. The molecule has 0 unspecified atom stereocenters. The number of hydrogen-bond donors (Lipinski definition) is 2. The van der Waals surface area contributed by atoms with Crippen LogP contribution in [0.25, 0.3) is 10.9 Å². The van der Waals surface area contributed by atoms with Crippen molar-refractivity contribution in [1.29, 1.82) is 0 Å². The molecule has 0 radical (unpaired) electrons. The number of carbonyl (C=O) groups is 2. The van der Waals surface area contributed by atoms with Crippen LogP contribution in [0, 0.1) is 6.92 Å². The molecule has 3 rings (SSSR count). The summed E-state index contributed by atoms with van der Waals surface area (Å²) in [7, 11) is 0. The van der Waals surface area contributed by atoms with E-state index in [9.17, 15) is 9.59 Å². The number of anilines is 1. The van der Waals surface area contributed by atoms with Gasteiger partial charge in [-0.1, -0.05) is 42.1 Å². The Morgan fingerprint density at radius 3 is 2.63 bits per heavy atom. The molecule has 3 aromatic rings. The van der Waals surface area contributed by atoms with Crippen molar-refractivity contribution in [3.63, 3.8) is 0 Å². The summed E-state index contributed by atoms with van der Waals surface area (Å²) in [6.07, 6.45) is 0. The van der Waals surface area contributed by atoms with Crippen molar-refractivity contribution in [3.05, 3.63) is 64.6 Å². The Morgan fingerprint density at radius 2 is 1.81 bits per heavy atom. The van der Waals surface area contributed by atoms with E-state index in [4.69, 9.17) is 0 Å². The lowest BCUT2D eigenvalue weighted by Crippen LogP contribution is -2.33. The van der Waals surface area contributed by atoms with Gasteiger partial charge < -0.3 is 10.6 Å². The molecule has 0 spiro atoms. The number of hydrogen-bond acceptors (Lipinski definition) is 4. The van der Waals surface area contributed by atoms with Crippen LogP contribution >= 0.6 is 27.7 Å². The van der Waals surface area contributed by atoms with E-state index in [1.54, 1.807) is 6.07 Å². The zero-order valence-corrected chi connectivity index (χ0v) is 17.1. The summed E-state index contributed by atoms with van der Waals surface area (Å²) < 4.78 is 0.790. The van der Waals surface area contributed by atoms with Crippen LogP contribution in [-0.2, 0) is 9.59 Å². The maximum atomic E-state index is 12.0. The molecule has 0 fully saturated rings. The first-order chi connectivity index (χ1) is 13.0. The van der Waals surface area contributed by atoms with E-state index < -0.39 is 0 Å². The highest BCUT2D eigenvalue weighted by Crippen LogP contribution is 2.23. The maximum Gasteiger partial charge on any atom is 0.243 e. The van der Waals surface area contributed by atoms with Crippen LogP contribution in [-0.4, -0.2) is 29.1 Å². The van der Waals surface area contributed by atoms with E-state index in [0.717, 1.165) is 26.0 Å². The molecule has 2 aromatic carbocycles. The predicted octanol–water partition coefficient (Wildman–Crippen LogP) is 4.15. The number of pyridine rings is 1. The second kappa shape index (κ2) is 9.01. The fraction of sp³-hybridized carbons (Fsp3) is 0.150. The molecule has 0 saturated carbocycles. The van der Waals surface area contributed by atoms with Crippen molar-refractivity contribution in [2.45, 2.75) is 11.9 Å². The van der Waals surface area contributed by atoms with Gasteiger partial charge in [0.1, 0.15) is 0 Å². The van der Waals surface area contributed by atoms with Gasteiger partial charge in [0, 0.05) is 9.86 Å². The molecule has 0 bridgehead atoms. The number of benzene rings is 2. The quantitative estimate of drug-likeness (QED) is 0.561. The second-order valence-corrected chi connectivity index (χ2v) is 7.74. The number of nitrogens with zero attached hydrogens (tertiary/aromatic N) is 1. The van der Waals surface area contributed by atoms with Crippen molar-refractivity contribution in [1.82, 2.24) is 10.3 Å². The third-order valence-electron chi connectivity index (χ3n) is 3.84. The lowest BCUT2D eigenvalue weighted by Gasteiger charge is -2.09. The Bertz CT molecular complexity index is 994. The van der Waals surface area contributed by atoms with Gasteiger partial charge in [-0.25, -0.2) is 4.98 Å². The van der Waals surface area contributed by atoms with Gasteiger partial charge in [0.2, 0.25) is 11.8 Å². The zero-order chi connectivity index (χ0) is 19.2. The number of fused-ring (bicyclic) bond motifs is 1. The molecular weight excluding hydrogens is 426 g/mol. The lowest BCUT2D eigenvalue weighted by molar-refractivity contribution is -0.122. The topological polar surface area (TPSA) is 71.1 Å². The van der Waals surface area contributed by atoms with Crippen LogP contribution < -0.4 is 10.6 Å². The molecule has 27 heavy (non-hydrogen) atoms. The smallest absolute Gasteiger partial charge is 0.243 e. The number of para-hydroxylation sites is 2. The van der Waals surface area contributed by atoms with Gasteiger partial charge in [-0.05, 0) is 52.7 Å². The number of amides is 2. The monoisotopic (exact) mass is 443 g/mol. The highest BCUT2D eigenvalue weighted by Gasteiger charge is 2.09. The number of aromatic nitrogens is 1. The van der Waals surface area contributed by atoms with Crippen LogP contribution in [0.3, 0.4) is 0 Å². The first-order valence-electron chi connectivity index (χ1n) is 8.33. The molecule has 1 heterocycles. The average Bonchev–Trinajstić information content (AvgIpc) is 2.66. The van der Waals surface area contributed by atoms with Crippen LogP contribution in [0.15, 0.2) is 64.1 Å². The molecule has 0 aliphatic heterocycles. The van der Waals surface area contributed by atoms with E-state index in [1.165, 1.54) is 11.8 Å². The molecule has 7 heteroatoms. The number of rotatable bonds is 6. The minimum absolute atomic E-state index is 0.0785. The fourth-order valence-electron chi connectivity index (χ4n) is 2.52. The average molecular weight is 444 g/mol. The second-order valence-electron chi connectivity index (χ2n) is 5.89. The molecule has 1 aromatic heterocycles. The van der Waals surface area contributed by atoms with Crippen LogP contribution in [0.1, 0.15) is 5.56 Å². The summed E-state index contributed by atoms with van der Waals surface area (Å²) in [5.41, 5.74) is 2.70. The van der Waals surface area contributed by atoms with Crippen molar-refractivity contribution in [3.8, 4) is 0 Å². The zero-order valence-electron chi connectivity index (χ0n) is 14.7. The molecule has 2 N–H and O–H groups in total. The van der Waals surface area contributed by atoms with Gasteiger partial charge in [0.25, 0.3) is 0 Å². The summed E-state index contributed by atoms with van der Waals surface area (Å²) in [5, 5.41) is 7.27. The number of aryl methyl sites for hydroxylation is 1. The van der Waals surface area contributed by atoms with Gasteiger partial charge in [0.05, 0.1) is 28.5 Å². The van der Waals surface area contributed by atoms with Gasteiger partial charge in [-0.2, -0.15) is 0 Å². The molecule has 0 aliphatic rings. The number of carbonyl (C=O) groups excluding carboxylic acids is 2. The number of thioether (sulfide) groups is 1. The first kappa shape index (κ1) is 19.4. The fourth-order valence-corrected chi connectivity index (χ4v) is 3.71. The van der Waals surface area contributed by atoms with Crippen LogP contribution in [0.5, 0.6) is 0 Å². The molecule has 0 aliphatic carbocycles. The normalized spacial score (nSPS) is 10.6. The Hall–Kier alpha value is -2.38. The third-order valence-corrected chi connectivity index (χ3v) is 5.45. The lowest BCUT2D eigenvalue weighted by atomic mass is 10.1. The maximum absolute atomic E-state index is 12.0. The highest BCUT2D eigenvalue weighted by atomic mass is 79.9. The molecule has 5 nitrogen and oxygen atoms in total.